The maximum Gasteiger partial charge on any atom is 0.418 e. The third kappa shape index (κ3) is 3.09. The molecule has 3 aromatic heterocycles. The van der Waals surface area contributed by atoms with Gasteiger partial charge in [-0.2, -0.15) is 18.3 Å². The van der Waals surface area contributed by atoms with Crippen LogP contribution in [0.25, 0.3) is 17.0 Å². The molecule has 23 heavy (non-hydrogen) atoms. The van der Waals surface area contributed by atoms with Crippen LogP contribution in [0.1, 0.15) is 12.5 Å². The van der Waals surface area contributed by atoms with Crippen molar-refractivity contribution in [2.75, 3.05) is 11.5 Å². The fourth-order valence-corrected chi connectivity index (χ4v) is 2.89. The number of nitrogens with two attached hydrogens (primary N) is 1. The summed E-state index contributed by atoms with van der Waals surface area (Å²) in [5.41, 5.74) is 6.56. The Morgan fingerprint density at radius 2 is 2.04 bits per heavy atom. The monoisotopic (exact) mass is 339 g/mol. The number of thioether (sulfide) groups is 1. The molecule has 0 aliphatic carbocycles. The third-order valence-electron chi connectivity index (χ3n) is 3.06. The molecular weight excluding hydrogens is 327 g/mol. The van der Waals surface area contributed by atoms with Gasteiger partial charge in [-0.3, -0.25) is 4.98 Å². The predicted octanol–water partition coefficient (Wildman–Crippen LogP) is 3.50. The van der Waals surface area contributed by atoms with E-state index < -0.39 is 11.7 Å². The fourth-order valence-electron chi connectivity index (χ4n) is 2.06. The van der Waals surface area contributed by atoms with E-state index in [4.69, 9.17) is 5.73 Å². The number of alkyl halides is 3. The predicted molar refractivity (Wildman–Crippen MR) is 82.0 cm³/mol. The largest absolute Gasteiger partial charge is 0.418 e. The second kappa shape index (κ2) is 5.73. The molecule has 9 heteroatoms. The molecule has 0 aliphatic heterocycles. The van der Waals surface area contributed by atoms with E-state index in [1.54, 1.807) is 12.3 Å². The Hall–Kier alpha value is -2.29. The molecular formula is C14H12F3N5S. The first-order valence-electron chi connectivity index (χ1n) is 6.70. The Balaban J connectivity index is 2.11. The number of rotatable bonds is 3. The van der Waals surface area contributed by atoms with Gasteiger partial charge >= 0.3 is 6.18 Å². The van der Waals surface area contributed by atoms with Gasteiger partial charge in [0, 0.05) is 4.90 Å². The molecule has 0 aromatic carbocycles. The van der Waals surface area contributed by atoms with Crippen LogP contribution in [0.4, 0.5) is 18.9 Å². The quantitative estimate of drug-likeness (QED) is 0.740. The van der Waals surface area contributed by atoms with Gasteiger partial charge < -0.3 is 5.73 Å². The van der Waals surface area contributed by atoms with Gasteiger partial charge in [-0.05, 0) is 17.9 Å². The van der Waals surface area contributed by atoms with Crippen LogP contribution in [-0.2, 0) is 6.18 Å². The van der Waals surface area contributed by atoms with Gasteiger partial charge in [0.05, 0.1) is 29.8 Å². The third-order valence-corrected chi connectivity index (χ3v) is 3.97. The number of hydrogen-bond acceptors (Lipinski definition) is 5. The molecule has 120 valence electrons. The van der Waals surface area contributed by atoms with Crippen molar-refractivity contribution in [1.82, 2.24) is 19.6 Å². The smallest absolute Gasteiger partial charge is 0.397 e. The number of aromatic nitrogens is 4. The van der Waals surface area contributed by atoms with Crippen LogP contribution >= 0.6 is 11.8 Å². The van der Waals surface area contributed by atoms with Gasteiger partial charge in [0.1, 0.15) is 11.4 Å². The number of hydrogen-bond donors (Lipinski definition) is 1. The maximum atomic E-state index is 12.7. The van der Waals surface area contributed by atoms with Crippen molar-refractivity contribution >= 4 is 23.1 Å². The number of imidazole rings is 1. The highest BCUT2D eigenvalue weighted by Gasteiger charge is 2.31. The van der Waals surface area contributed by atoms with E-state index in [1.165, 1.54) is 22.5 Å². The highest BCUT2D eigenvalue weighted by molar-refractivity contribution is 7.99. The average molecular weight is 339 g/mol. The zero-order chi connectivity index (χ0) is 16.6. The first-order valence-corrected chi connectivity index (χ1v) is 7.68. The number of pyridine rings is 1. The van der Waals surface area contributed by atoms with Gasteiger partial charge in [-0.15, -0.1) is 11.8 Å². The normalized spacial score (nSPS) is 12.0. The van der Waals surface area contributed by atoms with Crippen molar-refractivity contribution < 1.29 is 13.2 Å². The molecule has 0 saturated heterocycles. The molecule has 0 bridgehead atoms. The molecule has 0 spiro atoms. The maximum absolute atomic E-state index is 12.7. The molecule has 2 N–H and O–H groups in total. The highest BCUT2D eigenvalue weighted by atomic mass is 32.2. The summed E-state index contributed by atoms with van der Waals surface area (Å²) < 4.78 is 39.5. The van der Waals surface area contributed by atoms with Crippen molar-refractivity contribution in [3.63, 3.8) is 0 Å². The Labute approximate surface area is 133 Å². The molecule has 3 heterocycles. The minimum absolute atomic E-state index is 0.112. The van der Waals surface area contributed by atoms with Gasteiger partial charge in [-0.1, -0.05) is 6.92 Å². The Kier molecular flexibility index (Phi) is 3.88. The van der Waals surface area contributed by atoms with Gasteiger partial charge in [-0.25, -0.2) is 9.50 Å². The molecule has 0 fully saturated rings. The zero-order valence-corrected chi connectivity index (χ0v) is 12.8. The molecule has 0 radical (unpaired) electrons. The van der Waals surface area contributed by atoms with Crippen LogP contribution in [0.5, 0.6) is 0 Å². The van der Waals surface area contributed by atoms with Crippen molar-refractivity contribution in [3.05, 3.63) is 36.3 Å². The van der Waals surface area contributed by atoms with Crippen LogP contribution in [0, 0.1) is 0 Å². The second-order valence-corrected chi connectivity index (χ2v) is 6.03. The van der Waals surface area contributed by atoms with Crippen molar-refractivity contribution in [3.8, 4) is 11.4 Å². The summed E-state index contributed by atoms with van der Waals surface area (Å²) in [5, 5.41) is 3.76. The summed E-state index contributed by atoms with van der Waals surface area (Å²) in [6.07, 6.45) is -0.637. The van der Waals surface area contributed by atoms with E-state index in [1.807, 2.05) is 6.92 Å². The fraction of sp³-hybridized carbons (Fsp3) is 0.214. The van der Waals surface area contributed by atoms with Crippen LogP contribution in [0.2, 0.25) is 0 Å². The molecule has 5 nitrogen and oxygen atoms in total. The second-order valence-electron chi connectivity index (χ2n) is 4.72. The van der Waals surface area contributed by atoms with Crippen LogP contribution < -0.4 is 5.73 Å². The van der Waals surface area contributed by atoms with E-state index in [0.29, 0.717) is 17.1 Å². The summed E-state index contributed by atoms with van der Waals surface area (Å²) in [5.74, 6) is 0.808. The number of anilines is 1. The van der Waals surface area contributed by atoms with Crippen LogP contribution in [-0.4, -0.2) is 25.3 Å². The minimum atomic E-state index is -4.45. The Morgan fingerprint density at radius 3 is 2.74 bits per heavy atom. The zero-order valence-electron chi connectivity index (χ0n) is 12.0. The van der Waals surface area contributed by atoms with Gasteiger partial charge in [0.15, 0.2) is 5.65 Å². The van der Waals surface area contributed by atoms with Crippen LogP contribution in [0.3, 0.4) is 0 Å². The molecule has 3 aromatic rings. The lowest BCUT2D eigenvalue weighted by Gasteiger charge is -2.05. The van der Waals surface area contributed by atoms with Crippen molar-refractivity contribution in [2.24, 2.45) is 0 Å². The molecule has 3 rings (SSSR count). The number of fused-ring (bicyclic) bond motifs is 1. The lowest BCUT2D eigenvalue weighted by atomic mass is 10.3. The summed E-state index contributed by atoms with van der Waals surface area (Å²) >= 11 is 1.54. The molecule has 0 saturated carbocycles. The van der Waals surface area contributed by atoms with Crippen molar-refractivity contribution in [1.29, 1.82) is 0 Å². The molecule has 0 unspecified atom stereocenters. The van der Waals surface area contributed by atoms with E-state index in [-0.39, 0.29) is 5.65 Å². The Morgan fingerprint density at radius 1 is 1.26 bits per heavy atom. The summed E-state index contributed by atoms with van der Waals surface area (Å²) in [6.45, 7) is 1.98. The summed E-state index contributed by atoms with van der Waals surface area (Å²) in [6, 6.07) is 2.73. The van der Waals surface area contributed by atoms with Crippen molar-refractivity contribution in [2.45, 2.75) is 18.0 Å². The first-order chi connectivity index (χ1) is 10.9. The standard InChI is InChI=1S/C14H12F3N5S/c1-2-23-11-4-9(18)6-19-13(11)10-7-22-12(21-10)3-8(5-20-22)14(15,16)17/h3-7H,2,18H2,1H3. The summed E-state index contributed by atoms with van der Waals surface area (Å²) in [7, 11) is 0. The van der Waals surface area contributed by atoms with Gasteiger partial charge in [0.25, 0.3) is 0 Å². The van der Waals surface area contributed by atoms with E-state index in [9.17, 15) is 13.2 Å². The van der Waals surface area contributed by atoms with E-state index >= 15 is 0 Å². The number of nitrogen functional groups attached to an aromatic ring is 1. The number of halogens is 3. The number of nitrogens with zero attached hydrogens (tertiary/aromatic N) is 4. The minimum Gasteiger partial charge on any atom is -0.397 e. The topological polar surface area (TPSA) is 69.1 Å². The lowest BCUT2D eigenvalue weighted by molar-refractivity contribution is -0.137. The molecule has 0 atom stereocenters. The van der Waals surface area contributed by atoms with E-state index in [0.717, 1.165) is 22.9 Å². The lowest BCUT2D eigenvalue weighted by Crippen LogP contribution is -2.06. The van der Waals surface area contributed by atoms with Gasteiger partial charge in [0.2, 0.25) is 0 Å². The average Bonchev–Trinajstić information content (AvgIpc) is 2.89. The Bertz CT molecular complexity index is 859. The molecule has 0 aliphatic rings. The summed E-state index contributed by atoms with van der Waals surface area (Å²) in [4.78, 5) is 9.30. The first kappa shape index (κ1) is 15.6. The SMILES string of the molecule is CCSc1cc(N)cnc1-c1cn2ncc(C(F)(F)F)cc2n1. The van der Waals surface area contributed by atoms with E-state index in [2.05, 4.69) is 15.1 Å². The molecule has 0 amide bonds. The highest BCUT2D eigenvalue weighted by Crippen LogP contribution is 2.32. The van der Waals surface area contributed by atoms with Crippen LogP contribution in [0.15, 0.2) is 35.6 Å².